The van der Waals surface area contributed by atoms with E-state index in [1.165, 1.54) is 10.5 Å². The Morgan fingerprint density at radius 2 is 1.82 bits per heavy atom. The average Bonchev–Trinajstić information content (AvgIpc) is 2.38. The summed E-state index contributed by atoms with van der Waals surface area (Å²) >= 11 is 0.330. The molecule has 0 saturated carbocycles. The maximum atomic E-state index is 10.6. The van der Waals surface area contributed by atoms with Crippen LogP contribution in [0.2, 0.25) is 0 Å². The second kappa shape index (κ2) is 5.62. The van der Waals surface area contributed by atoms with E-state index in [1.807, 2.05) is 24.3 Å². The molecule has 4 heteroatoms. The molecule has 0 atom stereocenters. The van der Waals surface area contributed by atoms with Crippen molar-refractivity contribution in [3.05, 3.63) is 70.3 Å². The summed E-state index contributed by atoms with van der Waals surface area (Å²) in [7, 11) is 0. The van der Waals surface area contributed by atoms with Gasteiger partial charge in [0.15, 0.2) is 0 Å². The third kappa shape index (κ3) is 3.41. The van der Waals surface area contributed by atoms with E-state index in [4.69, 9.17) is 0 Å². The van der Waals surface area contributed by atoms with E-state index in [0.29, 0.717) is 15.0 Å². The van der Waals surface area contributed by atoms with Crippen molar-refractivity contribution < 1.29 is 4.92 Å². The Kier molecular flexibility index (Phi) is 3.91. The third-order valence-electron chi connectivity index (χ3n) is 2.27. The van der Waals surface area contributed by atoms with E-state index < -0.39 is 0 Å². The molecule has 0 aromatic heterocycles. The first-order valence-electron chi connectivity index (χ1n) is 5.17. The van der Waals surface area contributed by atoms with Gasteiger partial charge in [-0.25, -0.2) is 0 Å². The number of nitrogens with zero attached hydrogens (tertiary/aromatic N) is 1. The van der Waals surface area contributed by atoms with Crippen molar-refractivity contribution in [2.24, 2.45) is 0 Å². The minimum atomic E-state index is -0.348. The Balaban J connectivity index is 2.04. The van der Waals surface area contributed by atoms with Crippen LogP contribution >= 0.6 is 0 Å². The summed E-state index contributed by atoms with van der Waals surface area (Å²) in [6.07, 6.45) is 0. The third-order valence-corrected chi connectivity index (χ3v) is 4.54. The first-order valence-corrected chi connectivity index (χ1v) is 7.24. The molecule has 0 radical (unpaired) electrons. The fourth-order valence-electron chi connectivity index (χ4n) is 1.44. The van der Waals surface area contributed by atoms with Crippen LogP contribution < -0.4 is 4.46 Å². The molecule has 3 nitrogen and oxygen atoms in total. The zero-order chi connectivity index (χ0) is 12.1. The molecule has 2 rings (SSSR count). The normalized spacial score (nSPS) is 10.1. The molecule has 0 spiro atoms. The van der Waals surface area contributed by atoms with Crippen molar-refractivity contribution in [3.63, 3.8) is 0 Å². The van der Waals surface area contributed by atoms with Gasteiger partial charge >= 0.3 is 106 Å². The zero-order valence-corrected chi connectivity index (χ0v) is 10.8. The monoisotopic (exact) mass is 293 g/mol. The van der Waals surface area contributed by atoms with Crippen LogP contribution in [0.5, 0.6) is 0 Å². The topological polar surface area (TPSA) is 43.1 Å². The van der Waals surface area contributed by atoms with Crippen molar-refractivity contribution >= 4 is 25.1 Å². The number of rotatable bonds is 4. The molecule has 0 heterocycles. The van der Waals surface area contributed by atoms with Crippen LogP contribution in [0, 0.1) is 10.1 Å². The Bertz CT molecular complexity index is 514. The summed E-state index contributed by atoms with van der Waals surface area (Å²) in [6, 6.07) is 17.1. The Labute approximate surface area is 106 Å². The van der Waals surface area contributed by atoms with E-state index in [9.17, 15) is 10.1 Å². The molecule has 2 aromatic rings. The maximum absolute atomic E-state index is 10.6. The minimum absolute atomic E-state index is 0.173. The molecule has 0 N–H and O–H groups in total. The standard InChI is InChI=1S/C13H11NO2Se/c15-14(16)12-6-4-5-11(9-12)10-17-13-7-2-1-3-8-13/h1-9H,10H2. The number of nitro benzene ring substituents is 1. The molecule has 0 fully saturated rings. The van der Waals surface area contributed by atoms with Gasteiger partial charge in [-0.15, -0.1) is 0 Å². The molecule has 86 valence electrons. The van der Waals surface area contributed by atoms with Crippen LogP contribution in [0.4, 0.5) is 5.69 Å². The number of hydrogen-bond acceptors (Lipinski definition) is 2. The van der Waals surface area contributed by atoms with Gasteiger partial charge in [-0.3, -0.25) is 0 Å². The molecular formula is C13H11NO2Se. The van der Waals surface area contributed by atoms with Crippen LogP contribution in [0.25, 0.3) is 0 Å². The van der Waals surface area contributed by atoms with Crippen molar-refractivity contribution in [1.82, 2.24) is 0 Å². The van der Waals surface area contributed by atoms with Crippen LogP contribution in [0.3, 0.4) is 0 Å². The average molecular weight is 292 g/mol. The van der Waals surface area contributed by atoms with Crippen molar-refractivity contribution in [3.8, 4) is 0 Å². The first kappa shape index (κ1) is 11.8. The Hall–Kier alpha value is -1.64. The van der Waals surface area contributed by atoms with Gasteiger partial charge in [-0.05, 0) is 0 Å². The summed E-state index contributed by atoms with van der Waals surface area (Å²) in [5.41, 5.74) is 1.20. The quantitative estimate of drug-likeness (QED) is 0.492. The van der Waals surface area contributed by atoms with Gasteiger partial charge in [0, 0.05) is 0 Å². The van der Waals surface area contributed by atoms with E-state index in [1.54, 1.807) is 12.1 Å². The van der Waals surface area contributed by atoms with Crippen molar-refractivity contribution in [2.45, 2.75) is 5.32 Å². The molecule has 0 amide bonds. The summed E-state index contributed by atoms with van der Waals surface area (Å²) in [4.78, 5) is 10.3. The van der Waals surface area contributed by atoms with Gasteiger partial charge in [-0.2, -0.15) is 0 Å². The summed E-state index contributed by atoms with van der Waals surface area (Å²) < 4.78 is 1.31. The summed E-state index contributed by atoms with van der Waals surface area (Å²) in [5.74, 6) is 0. The molecule has 0 unspecified atom stereocenters. The van der Waals surface area contributed by atoms with Gasteiger partial charge in [0.1, 0.15) is 0 Å². The van der Waals surface area contributed by atoms with Gasteiger partial charge in [0.2, 0.25) is 0 Å². The predicted octanol–water partition coefficient (Wildman–Crippen LogP) is 2.12. The number of non-ortho nitro benzene ring substituents is 1. The Morgan fingerprint density at radius 1 is 1.06 bits per heavy atom. The summed E-state index contributed by atoms with van der Waals surface area (Å²) in [6.45, 7) is 0. The first-order chi connectivity index (χ1) is 8.25. The second-order valence-electron chi connectivity index (χ2n) is 3.53. The summed E-state index contributed by atoms with van der Waals surface area (Å²) in [5, 5.41) is 11.5. The van der Waals surface area contributed by atoms with Gasteiger partial charge < -0.3 is 0 Å². The van der Waals surface area contributed by atoms with Gasteiger partial charge in [0.25, 0.3) is 0 Å². The molecule has 0 aliphatic carbocycles. The SMILES string of the molecule is O=[N+]([O-])c1cccc(C[Se]c2ccccc2)c1. The van der Waals surface area contributed by atoms with E-state index in [0.717, 1.165) is 10.9 Å². The predicted molar refractivity (Wildman–Crippen MR) is 68.6 cm³/mol. The molecule has 0 aliphatic rings. The van der Waals surface area contributed by atoms with Gasteiger partial charge in [0.05, 0.1) is 0 Å². The molecule has 17 heavy (non-hydrogen) atoms. The second-order valence-corrected chi connectivity index (χ2v) is 5.73. The zero-order valence-electron chi connectivity index (χ0n) is 9.08. The molecule has 0 saturated heterocycles. The van der Waals surface area contributed by atoms with Crippen LogP contribution in [-0.4, -0.2) is 19.9 Å². The number of nitro groups is 1. The fourth-order valence-corrected chi connectivity index (χ4v) is 3.25. The van der Waals surface area contributed by atoms with E-state index >= 15 is 0 Å². The van der Waals surface area contributed by atoms with E-state index in [-0.39, 0.29) is 10.6 Å². The van der Waals surface area contributed by atoms with Gasteiger partial charge in [-0.1, -0.05) is 0 Å². The number of benzene rings is 2. The molecule has 0 bridgehead atoms. The van der Waals surface area contributed by atoms with Crippen molar-refractivity contribution in [1.29, 1.82) is 0 Å². The molecule has 2 aromatic carbocycles. The molecule has 0 aliphatic heterocycles. The fraction of sp³-hybridized carbons (Fsp3) is 0.0769. The van der Waals surface area contributed by atoms with Crippen LogP contribution in [0.15, 0.2) is 54.6 Å². The van der Waals surface area contributed by atoms with Crippen LogP contribution in [0.1, 0.15) is 5.56 Å². The molecular weight excluding hydrogens is 281 g/mol. The van der Waals surface area contributed by atoms with Crippen molar-refractivity contribution in [2.75, 3.05) is 0 Å². The van der Waals surface area contributed by atoms with Crippen LogP contribution in [-0.2, 0) is 5.32 Å². The Morgan fingerprint density at radius 3 is 2.53 bits per heavy atom. The van der Waals surface area contributed by atoms with E-state index in [2.05, 4.69) is 12.1 Å². The number of hydrogen-bond donors (Lipinski definition) is 0.